The lowest BCUT2D eigenvalue weighted by atomic mass is 9.93. The first-order chi connectivity index (χ1) is 17.5. The van der Waals surface area contributed by atoms with Crippen LogP contribution in [0, 0.1) is 0 Å². The summed E-state index contributed by atoms with van der Waals surface area (Å²) in [6.45, 7) is 4.19. The molecule has 4 rings (SSSR count). The second-order valence-electron chi connectivity index (χ2n) is 8.90. The Bertz CT molecular complexity index is 1240. The average Bonchev–Trinajstić information content (AvgIpc) is 2.93. The number of hydrogen-bond donors (Lipinski definition) is 0. The predicted molar refractivity (Wildman–Crippen MR) is 142 cm³/mol. The lowest BCUT2D eigenvalue weighted by molar-refractivity contribution is -0.130. The topological polar surface area (TPSA) is 46.6 Å². The van der Waals surface area contributed by atoms with Gasteiger partial charge < -0.3 is 4.74 Å². The van der Waals surface area contributed by atoms with E-state index in [1.54, 1.807) is 24.3 Å². The van der Waals surface area contributed by atoms with Gasteiger partial charge in [0.15, 0.2) is 11.9 Å². The van der Waals surface area contributed by atoms with E-state index >= 15 is 0 Å². The van der Waals surface area contributed by atoms with E-state index in [4.69, 9.17) is 4.74 Å². The molecule has 4 aromatic carbocycles. The Balaban J connectivity index is 1.80. The molecule has 0 fully saturated rings. The van der Waals surface area contributed by atoms with E-state index in [2.05, 4.69) is 36.1 Å². The molecule has 182 valence electrons. The van der Waals surface area contributed by atoms with Crippen LogP contribution in [-0.2, 0) is 16.1 Å². The third-order valence-electron chi connectivity index (χ3n) is 6.42. The van der Waals surface area contributed by atoms with Gasteiger partial charge in [0.1, 0.15) is 0 Å². The van der Waals surface area contributed by atoms with Gasteiger partial charge in [-0.1, -0.05) is 109 Å². The van der Waals surface area contributed by atoms with Crippen LogP contribution >= 0.6 is 0 Å². The number of Topliss-reactive ketones (excluding diaryl/α,β-unsaturated/α-hetero) is 1. The van der Waals surface area contributed by atoms with E-state index < -0.39 is 18.1 Å². The van der Waals surface area contributed by atoms with Crippen LogP contribution in [-0.4, -0.2) is 22.8 Å². The molecule has 0 amide bonds. The van der Waals surface area contributed by atoms with Gasteiger partial charge >= 0.3 is 5.97 Å². The molecule has 36 heavy (non-hydrogen) atoms. The number of rotatable bonds is 10. The summed E-state index contributed by atoms with van der Waals surface area (Å²) in [6.07, 6.45) is -0.991. The van der Waals surface area contributed by atoms with Crippen molar-refractivity contribution in [2.75, 3.05) is 0 Å². The molecule has 0 aromatic heterocycles. The molecule has 0 aliphatic heterocycles. The molecular weight excluding hydrogens is 446 g/mol. The van der Waals surface area contributed by atoms with E-state index in [0.717, 1.165) is 16.7 Å². The fourth-order valence-corrected chi connectivity index (χ4v) is 4.51. The van der Waals surface area contributed by atoms with E-state index in [1.165, 1.54) is 6.92 Å². The lowest BCUT2D eigenvalue weighted by Crippen LogP contribution is -2.43. The van der Waals surface area contributed by atoms with Crippen molar-refractivity contribution >= 4 is 11.8 Å². The Kier molecular flexibility index (Phi) is 8.43. The molecule has 4 aromatic rings. The Morgan fingerprint density at radius 2 is 1.17 bits per heavy atom. The SMILES string of the molecule is CC(=O)[C@H](OC(=O)c1ccccc1)C(c1ccccc1)N(Cc1ccccc1)[C@@H](C)c1ccccc1. The summed E-state index contributed by atoms with van der Waals surface area (Å²) in [4.78, 5) is 28.5. The average molecular weight is 478 g/mol. The minimum atomic E-state index is -0.991. The Labute approximate surface area is 213 Å². The van der Waals surface area contributed by atoms with Crippen LogP contribution in [0.1, 0.15) is 53.0 Å². The normalized spacial score (nSPS) is 13.5. The van der Waals surface area contributed by atoms with Crippen LogP contribution < -0.4 is 0 Å². The summed E-state index contributed by atoms with van der Waals surface area (Å²) in [6, 6.07) is 38.4. The van der Waals surface area contributed by atoms with Crippen LogP contribution in [0.3, 0.4) is 0 Å². The second kappa shape index (κ2) is 12.1. The van der Waals surface area contributed by atoms with Gasteiger partial charge in [0.25, 0.3) is 0 Å². The lowest BCUT2D eigenvalue weighted by Gasteiger charge is -2.40. The maximum atomic E-state index is 13.1. The first-order valence-electron chi connectivity index (χ1n) is 12.2. The number of nitrogens with zero attached hydrogens (tertiary/aromatic N) is 1. The molecule has 0 aliphatic carbocycles. The zero-order valence-electron chi connectivity index (χ0n) is 20.7. The van der Waals surface area contributed by atoms with Crippen molar-refractivity contribution < 1.29 is 14.3 Å². The molecule has 0 N–H and O–H groups in total. The molecule has 0 saturated heterocycles. The van der Waals surface area contributed by atoms with E-state index in [9.17, 15) is 9.59 Å². The quantitative estimate of drug-likeness (QED) is 0.236. The summed E-state index contributed by atoms with van der Waals surface area (Å²) in [7, 11) is 0. The molecular formula is C32H31NO3. The van der Waals surface area contributed by atoms with Gasteiger partial charge in [-0.2, -0.15) is 0 Å². The monoisotopic (exact) mass is 477 g/mol. The van der Waals surface area contributed by atoms with Gasteiger partial charge in [-0.15, -0.1) is 0 Å². The maximum Gasteiger partial charge on any atom is 0.338 e. The molecule has 1 unspecified atom stereocenters. The summed E-state index contributed by atoms with van der Waals surface area (Å²) in [5.74, 6) is -0.713. The number of benzene rings is 4. The van der Waals surface area contributed by atoms with Crippen molar-refractivity contribution in [3.05, 3.63) is 144 Å². The molecule has 0 bridgehead atoms. The summed E-state index contributed by atoms with van der Waals surface area (Å²) in [5, 5.41) is 0. The first kappa shape index (κ1) is 25.1. The fraction of sp³-hybridized carbons (Fsp3) is 0.188. The van der Waals surface area contributed by atoms with Crippen LogP contribution in [0.5, 0.6) is 0 Å². The minimum absolute atomic E-state index is 0.0612. The molecule has 0 spiro atoms. The van der Waals surface area contributed by atoms with Crippen LogP contribution in [0.2, 0.25) is 0 Å². The second-order valence-corrected chi connectivity index (χ2v) is 8.90. The zero-order chi connectivity index (χ0) is 25.3. The molecule has 0 heterocycles. The Morgan fingerprint density at radius 3 is 1.69 bits per heavy atom. The van der Waals surface area contributed by atoms with Gasteiger partial charge in [-0.05, 0) is 42.7 Å². The van der Waals surface area contributed by atoms with Gasteiger partial charge in [-0.25, -0.2) is 4.79 Å². The van der Waals surface area contributed by atoms with E-state index in [0.29, 0.717) is 12.1 Å². The summed E-state index contributed by atoms with van der Waals surface area (Å²) >= 11 is 0. The standard InChI is InChI=1S/C32H31NO3/c1-24(27-17-9-4-10-18-27)33(23-26-15-7-3-8-16-26)30(28-19-11-5-12-20-28)31(25(2)34)36-32(35)29-21-13-6-14-22-29/h3-22,24,30-31H,23H2,1-2H3/t24-,30?,31-/m0/s1. The van der Waals surface area contributed by atoms with E-state index in [1.807, 2.05) is 72.8 Å². The highest BCUT2D eigenvalue weighted by atomic mass is 16.5. The summed E-state index contributed by atoms with van der Waals surface area (Å²) in [5.41, 5.74) is 3.56. The maximum absolute atomic E-state index is 13.1. The first-order valence-corrected chi connectivity index (χ1v) is 12.2. The molecule has 4 heteroatoms. The van der Waals surface area contributed by atoms with Crippen LogP contribution in [0.15, 0.2) is 121 Å². The van der Waals surface area contributed by atoms with Crippen molar-refractivity contribution in [2.45, 2.75) is 38.6 Å². The molecule has 0 saturated carbocycles. The largest absolute Gasteiger partial charge is 0.449 e. The van der Waals surface area contributed by atoms with Crippen molar-refractivity contribution in [1.82, 2.24) is 4.90 Å². The third-order valence-corrected chi connectivity index (χ3v) is 6.42. The number of hydrogen-bond acceptors (Lipinski definition) is 4. The highest BCUT2D eigenvalue weighted by Gasteiger charge is 2.38. The van der Waals surface area contributed by atoms with Crippen LogP contribution in [0.4, 0.5) is 0 Å². The van der Waals surface area contributed by atoms with Crippen molar-refractivity contribution in [1.29, 1.82) is 0 Å². The minimum Gasteiger partial charge on any atom is -0.449 e. The summed E-state index contributed by atoms with van der Waals surface area (Å²) < 4.78 is 5.99. The highest BCUT2D eigenvalue weighted by molar-refractivity contribution is 5.92. The predicted octanol–water partition coefficient (Wildman–Crippen LogP) is 6.81. The van der Waals surface area contributed by atoms with Gasteiger partial charge in [0.2, 0.25) is 0 Å². The number of esters is 1. The van der Waals surface area contributed by atoms with Crippen molar-refractivity contribution in [3.63, 3.8) is 0 Å². The van der Waals surface area contributed by atoms with Gasteiger partial charge in [0.05, 0.1) is 11.6 Å². The Morgan fingerprint density at radius 1 is 0.694 bits per heavy atom. The molecule has 3 atom stereocenters. The number of ether oxygens (including phenoxy) is 1. The molecule has 0 aliphatic rings. The highest BCUT2D eigenvalue weighted by Crippen LogP contribution is 2.36. The fourth-order valence-electron chi connectivity index (χ4n) is 4.51. The van der Waals surface area contributed by atoms with E-state index in [-0.39, 0.29) is 11.8 Å². The molecule has 4 nitrogen and oxygen atoms in total. The van der Waals surface area contributed by atoms with Gasteiger partial charge in [0, 0.05) is 12.6 Å². The smallest absolute Gasteiger partial charge is 0.338 e. The zero-order valence-corrected chi connectivity index (χ0v) is 20.7. The van der Waals surface area contributed by atoms with Gasteiger partial charge in [-0.3, -0.25) is 9.69 Å². The number of carbonyl (C=O) groups excluding carboxylic acids is 2. The number of ketones is 1. The Hall–Kier alpha value is -4.02. The van der Waals surface area contributed by atoms with Crippen molar-refractivity contribution in [2.24, 2.45) is 0 Å². The molecule has 0 radical (unpaired) electrons. The number of carbonyl (C=O) groups is 2. The third kappa shape index (κ3) is 6.15. The van der Waals surface area contributed by atoms with Crippen LogP contribution in [0.25, 0.3) is 0 Å². The van der Waals surface area contributed by atoms with Crippen molar-refractivity contribution in [3.8, 4) is 0 Å².